The molecule has 0 saturated heterocycles. The minimum absolute atomic E-state index is 0.603. The molecule has 0 unspecified atom stereocenters. The molecule has 0 bridgehead atoms. The number of carbonyl (C=O) groups excluding carboxylic acids is 1. The van der Waals surface area contributed by atoms with Crippen molar-refractivity contribution in [2.45, 2.75) is 13.0 Å². The third-order valence-electron chi connectivity index (χ3n) is 2.80. The second-order valence-electron chi connectivity index (χ2n) is 4.31. The summed E-state index contributed by atoms with van der Waals surface area (Å²) in [6.45, 7) is 1.95. The van der Waals surface area contributed by atoms with E-state index in [0.29, 0.717) is 16.3 Å². The summed E-state index contributed by atoms with van der Waals surface area (Å²) in [7, 11) is 0. The molecule has 2 rings (SSSR count). The van der Waals surface area contributed by atoms with Crippen LogP contribution in [0.25, 0.3) is 0 Å². The van der Waals surface area contributed by atoms with Crippen molar-refractivity contribution in [2.75, 3.05) is 5.32 Å². The zero-order valence-corrected chi connectivity index (χ0v) is 11.1. The van der Waals surface area contributed by atoms with Crippen LogP contribution >= 0.6 is 11.6 Å². The number of aryl methyl sites for hydroxylation is 1. The predicted molar refractivity (Wildman–Crippen MR) is 74.0 cm³/mol. The molecule has 0 aliphatic rings. The van der Waals surface area contributed by atoms with Crippen LogP contribution in [0, 0.1) is 6.92 Å². The molecule has 0 radical (unpaired) electrons. The monoisotopic (exact) mass is 274 g/mol. The van der Waals surface area contributed by atoms with Crippen LogP contribution in [-0.2, 0) is 4.79 Å². The van der Waals surface area contributed by atoms with Gasteiger partial charge in [-0.15, -0.1) is 0 Å². The maximum Gasteiger partial charge on any atom is 0.0912 e. The molecule has 0 aliphatic heterocycles. The number of halogens is 1. The van der Waals surface area contributed by atoms with Crippen molar-refractivity contribution >= 4 is 23.3 Å². The van der Waals surface area contributed by atoms with Gasteiger partial charge in [0.25, 0.3) is 0 Å². The maximum atomic E-state index is 11.3. The standard InChI is InChI=1S/C15H14ClNO2/c1-10-2-4-11(5-3-10)14(15(18)19)17-13-8-6-12(16)7-9-13/h2-9,14,17H,1H3,(H,18,19)/p-1/t14-/m1/s1. The van der Waals surface area contributed by atoms with Gasteiger partial charge < -0.3 is 15.2 Å². The third kappa shape index (κ3) is 3.48. The van der Waals surface area contributed by atoms with Crippen LogP contribution < -0.4 is 10.4 Å². The number of hydrogen-bond donors (Lipinski definition) is 1. The summed E-state index contributed by atoms with van der Waals surface area (Å²) in [5.74, 6) is -1.17. The molecular formula is C15H13ClNO2-. The Hall–Kier alpha value is -2.00. The van der Waals surface area contributed by atoms with Gasteiger partial charge in [-0.3, -0.25) is 0 Å². The van der Waals surface area contributed by atoms with Gasteiger partial charge in [0.05, 0.1) is 12.0 Å². The highest BCUT2D eigenvalue weighted by Crippen LogP contribution is 2.21. The number of benzene rings is 2. The summed E-state index contributed by atoms with van der Waals surface area (Å²) in [5, 5.41) is 14.8. The van der Waals surface area contributed by atoms with Crippen molar-refractivity contribution < 1.29 is 9.90 Å². The molecule has 0 fully saturated rings. The first-order chi connectivity index (χ1) is 9.06. The Morgan fingerprint density at radius 2 is 1.68 bits per heavy atom. The Kier molecular flexibility index (Phi) is 4.07. The quantitative estimate of drug-likeness (QED) is 0.932. The number of carboxylic acid groups (broad SMARTS) is 1. The van der Waals surface area contributed by atoms with Crippen LogP contribution in [0.4, 0.5) is 5.69 Å². The van der Waals surface area contributed by atoms with E-state index in [9.17, 15) is 9.90 Å². The minimum atomic E-state index is -1.17. The summed E-state index contributed by atoms with van der Waals surface area (Å²) in [6.07, 6.45) is 0. The molecule has 0 aliphatic carbocycles. The highest BCUT2D eigenvalue weighted by molar-refractivity contribution is 6.30. The van der Waals surface area contributed by atoms with Crippen molar-refractivity contribution in [2.24, 2.45) is 0 Å². The van der Waals surface area contributed by atoms with E-state index in [1.807, 2.05) is 19.1 Å². The summed E-state index contributed by atoms with van der Waals surface area (Å²) in [6, 6.07) is 13.3. The first-order valence-electron chi connectivity index (χ1n) is 5.86. The smallest absolute Gasteiger partial charge is 0.0912 e. The minimum Gasteiger partial charge on any atom is -0.548 e. The van der Waals surface area contributed by atoms with E-state index in [4.69, 9.17) is 11.6 Å². The van der Waals surface area contributed by atoms with Crippen LogP contribution in [0.15, 0.2) is 48.5 Å². The summed E-state index contributed by atoms with van der Waals surface area (Å²) >= 11 is 5.79. The summed E-state index contributed by atoms with van der Waals surface area (Å²) in [4.78, 5) is 11.3. The van der Waals surface area contributed by atoms with E-state index in [1.54, 1.807) is 36.4 Å². The van der Waals surface area contributed by atoms with Gasteiger partial charge in [-0.05, 0) is 36.8 Å². The van der Waals surface area contributed by atoms with E-state index >= 15 is 0 Å². The number of aliphatic carboxylic acids is 1. The first kappa shape index (κ1) is 13.4. The molecule has 2 aromatic rings. The Morgan fingerprint density at radius 1 is 1.11 bits per heavy atom. The number of rotatable bonds is 4. The van der Waals surface area contributed by atoms with Gasteiger partial charge in [0.2, 0.25) is 0 Å². The van der Waals surface area contributed by atoms with Gasteiger partial charge in [0.1, 0.15) is 0 Å². The van der Waals surface area contributed by atoms with Crippen LogP contribution in [0.1, 0.15) is 17.2 Å². The second kappa shape index (κ2) is 5.76. The Morgan fingerprint density at radius 3 is 2.21 bits per heavy atom. The van der Waals surface area contributed by atoms with Crippen LogP contribution in [0.2, 0.25) is 5.02 Å². The van der Waals surface area contributed by atoms with Crippen LogP contribution in [0.5, 0.6) is 0 Å². The fourth-order valence-electron chi connectivity index (χ4n) is 1.75. The Labute approximate surface area is 116 Å². The maximum absolute atomic E-state index is 11.3. The van der Waals surface area contributed by atoms with Crippen molar-refractivity contribution in [3.8, 4) is 0 Å². The van der Waals surface area contributed by atoms with Gasteiger partial charge >= 0.3 is 0 Å². The van der Waals surface area contributed by atoms with Crippen molar-refractivity contribution in [1.29, 1.82) is 0 Å². The lowest BCUT2D eigenvalue weighted by atomic mass is 10.0. The van der Waals surface area contributed by atoms with Gasteiger partial charge in [0.15, 0.2) is 0 Å². The molecule has 98 valence electrons. The first-order valence-corrected chi connectivity index (χ1v) is 6.23. The molecule has 4 heteroatoms. The molecule has 0 amide bonds. The van der Waals surface area contributed by atoms with Gasteiger partial charge in [0, 0.05) is 10.7 Å². The second-order valence-corrected chi connectivity index (χ2v) is 4.75. The summed E-state index contributed by atoms with van der Waals surface area (Å²) in [5.41, 5.74) is 2.41. The number of hydrogen-bond acceptors (Lipinski definition) is 3. The fourth-order valence-corrected chi connectivity index (χ4v) is 1.88. The Bertz CT molecular complexity index is 564. The number of nitrogens with one attached hydrogen (secondary N) is 1. The Balaban J connectivity index is 2.23. The van der Waals surface area contributed by atoms with Crippen LogP contribution in [0.3, 0.4) is 0 Å². The lowest BCUT2D eigenvalue weighted by molar-refractivity contribution is -0.307. The molecule has 2 aromatic carbocycles. The molecule has 3 nitrogen and oxygen atoms in total. The normalized spacial score (nSPS) is 11.9. The average molecular weight is 275 g/mol. The fraction of sp³-hybridized carbons (Fsp3) is 0.133. The molecular weight excluding hydrogens is 262 g/mol. The molecule has 1 N–H and O–H groups in total. The third-order valence-corrected chi connectivity index (χ3v) is 3.05. The van der Waals surface area contributed by atoms with Gasteiger partial charge in [-0.2, -0.15) is 0 Å². The SMILES string of the molecule is Cc1ccc([C@@H](Nc2ccc(Cl)cc2)C(=O)[O-])cc1. The lowest BCUT2D eigenvalue weighted by Gasteiger charge is -2.21. The highest BCUT2D eigenvalue weighted by Gasteiger charge is 2.12. The van der Waals surface area contributed by atoms with E-state index in [-0.39, 0.29) is 0 Å². The number of carboxylic acids is 1. The van der Waals surface area contributed by atoms with Crippen molar-refractivity contribution in [1.82, 2.24) is 0 Å². The van der Waals surface area contributed by atoms with Gasteiger partial charge in [-0.1, -0.05) is 41.4 Å². The lowest BCUT2D eigenvalue weighted by Crippen LogP contribution is -2.34. The summed E-state index contributed by atoms with van der Waals surface area (Å²) < 4.78 is 0. The van der Waals surface area contributed by atoms with E-state index < -0.39 is 12.0 Å². The van der Waals surface area contributed by atoms with Crippen LogP contribution in [-0.4, -0.2) is 5.97 Å². The van der Waals surface area contributed by atoms with Gasteiger partial charge in [-0.25, -0.2) is 0 Å². The molecule has 0 aromatic heterocycles. The molecule has 0 heterocycles. The average Bonchev–Trinajstić information content (AvgIpc) is 2.39. The van der Waals surface area contributed by atoms with Crippen molar-refractivity contribution in [3.63, 3.8) is 0 Å². The number of anilines is 1. The van der Waals surface area contributed by atoms with Crippen molar-refractivity contribution in [3.05, 3.63) is 64.7 Å². The van der Waals surface area contributed by atoms with E-state index in [0.717, 1.165) is 5.56 Å². The molecule has 0 saturated carbocycles. The topological polar surface area (TPSA) is 52.2 Å². The zero-order valence-electron chi connectivity index (χ0n) is 10.4. The highest BCUT2D eigenvalue weighted by atomic mass is 35.5. The zero-order chi connectivity index (χ0) is 13.8. The largest absolute Gasteiger partial charge is 0.548 e. The number of carbonyl (C=O) groups is 1. The molecule has 19 heavy (non-hydrogen) atoms. The van der Waals surface area contributed by atoms with E-state index in [1.165, 1.54) is 0 Å². The predicted octanol–water partition coefficient (Wildman–Crippen LogP) is 2.55. The molecule has 1 atom stereocenters. The van der Waals surface area contributed by atoms with E-state index in [2.05, 4.69) is 5.32 Å². The molecule has 0 spiro atoms.